The number of hydrogen-bond donors (Lipinski definition) is 1. The summed E-state index contributed by atoms with van der Waals surface area (Å²) in [6.45, 7) is 1.56. The highest BCUT2D eigenvalue weighted by Gasteiger charge is 2.28. The minimum Gasteiger partial charge on any atom is -0.478 e. The number of aromatic carboxylic acids is 1. The minimum atomic E-state index is -3.94. The highest BCUT2D eigenvalue weighted by Crippen LogP contribution is 2.27. The van der Waals surface area contributed by atoms with Crippen LogP contribution < -0.4 is 0 Å². The van der Waals surface area contributed by atoms with E-state index < -0.39 is 21.1 Å². The first-order valence-electron chi connectivity index (χ1n) is 5.01. The maximum Gasteiger partial charge on any atom is 0.335 e. The third kappa shape index (κ3) is 2.63. The fourth-order valence-electron chi connectivity index (χ4n) is 1.39. The number of nitrogens with zero attached hydrogens (tertiary/aromatic N) is 1. The van der Waals surface area contributed by atoms with E-state index in [-0.39, 0.29) is 21.9 Å². The molecule has 0 saturated heterocycles. The van der Waals surface area contributed by atoms with Gasteiger partial charge >= 0.3 is 5.97 Å². The highest BCUT2D eigenvalue weighted by atomic mass is 35.5. The number of carboxylic acids is 1. The molecule has 0 radical (unpaired) electrons. The van der Waals surface area contributed by atoms with Gasteiger partial charge in [-0.15, -0.1) is 0 Å². The summed E-state index contributed by atoms with van der Waals surface area (Å²) < 4.78 is 24.2. The predicted molar refractivity (Wildman–Crippen MR) is 65.3 cm³/mol. The Hall–Kier alpha value is -1.58. The first kappa shape index (κ1) is 14.5. The van der Waals surface area contributed by atoms with Crippen LogP contribution in [0.1, 0.15) is 23.7 Å². The molecule has 1 N–H and O–H groups in total. The molecule has 0 aromatic heterocycles. The number of benzene rings is 1. The summed E-state index contributed by atoms with van der Waals surface area (Å²) >= 11 is 5.76. The Morgan fingerprint density at radius 3 is 2.61 bits per heavy atom. The van der Waals surface area contributed by atoms with E-state index in [2.05, 4.69) is 0 Å². The third-order valence-electron chi connectivity index (χ3n) is 2.37. The number of halogens is 1. The number of hydrogen-bond acceptors (Lipinski definition) is 4. The molecular weight excluding hydrogens is 278 g/mol. The maximum atomic E-state index is 12.1. The fraction of sp³-hybridized carbons (Fsp3) is 0.273. The van der Waals surface area contributed by atoms with E-state index in [1.807, 2.05) is 0 Å². The van der Waals surface area contributed by atoms with Crippen LogP contribution in [0.15, 0.2) is 23.1 Å². The van der Waals surface area contributed by atoms with E-state index in [9.17, 15) is 13.2 Å². The van der Waals surface area contributed by atoms with Gasteiger partial charge in [0.25, 0.3) is 0 Å². The van der Waals surface area contributed by atoms with Crippen LogP contribution in [0.4, 0.5) is 0 Å². The Morgan fingerprint density at radius 1 is 1.56 bits per heavy atom. The molecule has 0 aliphatic carbocycles. The average molecular weight is 288 g/mol. The Morgan fingerprint density at radius 2 is 2.17 bits per heavy atom. The zero-order chi connectivity index (χ0) is 13.9. The molecule has 1 atom stereocenters. The minimum absolute atomic E-state index is 0.0892. The second-order valence-corrected chi connectivity index (χ2v) is 6.03. The maximum absolute atomic E-state index is 12.1. The van der Waals surface area contributed by atoms with E-state index in [1.54, 1.807) is 13.0 Å². The van der Waals surface area contributed by atoms with Gasteiger partial charge in [0.1, 0.15) is 0 Å². The van der Waals surface area contributed by atoms with Crippen molar-refractivity contribution in [2.75, 3.05) is 0 Å². The number of carbonyl (C=O) groups is 1. The van der Waals surface area contributed by atoms with Gasteiger partial charge in [0.2, 0.25) is 0 Å². The van der Waals surface area contributed by atoms with Gasteiger partial charge in [0, 0.05) is 0 Å². The molecule has 0 heterocycles. The third-order valence-corrected chi connectivity index (χ3v) is 4.95. The summed E-state index contributed by atoms with van der Waals surface area (Å²) in [5, 5.41) is 16.3. The van der Waals surface area contributed by atoms with Crippen molar-refractivity contribution in [3.05, 3.63) is 28.8 Å². The fourth-order valence-corrected chi connectivity index (χ4v) is 3.34. The molecule has 0 aliphatic rings. The summed E-state index contributed by atoms with van der Waals surface area (Å²) in [6, 6.07) is 5.05. The monoisotopic (exact) mass is 287 g/mol. The lowest BCUT2D eigenvalue weighted by molar-refractivity contribution is 0.0696. The number of carboxylic acid groups (broad SMARTS) is 1. The number of rotatable bonds is 4. The quantitative estimate of drug-likeness (QED) is 0.915. The van der Waals surface area contributed by atoms with Crippen molar-refractivity contribution in [2.45, 2.75) is 23.5 Å². The molecule has 96 valence electrons. The smallest absolute Gasteiger partial charge is 0.335 e. The number of sulfone groups is 1. The van der Waals surface area contributed by atoms with Crippen molar-refractivity contribution in [3.63, 3.8) is 0 Å². The van der Waals surface area contributed by atoms with Crippen LogP contribution in [-0.2, 0) is 9.84 Å². The van der Waals surface area contributed by atoms with Gasteiger partial charge in [-0.1, -0.05) is 18.5 Å². The first-order valence-corrected chi connectivity index (χ1v) is 6.93. The topological polar surface area (TPSA) is 95.2 Å². The molecule has 1 unspecified atom stereocenters. The standard InChI is InChI=1S/C11H10ClNO4S/c1-2-8(6-13)18(16,17)10-5-7(11(14)15)3-4-9(10)12/h3-5,8H,2H2,1H3,(H,14,15). The molecule has 0 bridgehead atoms. The SMILES string of the molecule is CCC(C#N)S(=O)(=O)c1cc(C(=O)O)ccc1Cl. The zero-order valence-electron chi connectivity index (χ0n) is 9.42. The average Bonchev–Trinajstić information content (AvgIpc) is 2.30. The van der Waals surface area contributed by atoms with Crippen molar-refractivity contribution in [1.82, 2.24) is 0 Å². The van der Waals surface area contributed by atoms with Gasteiger partial charge in [-0.05, 0) is 24.6 Å². The molecule has 0 aliphatic heterocycles. The second kappa shape index (κ2) is 5.38. The van der Waals surface area contributed by atoms with Crippen LogP contribution in [-0.4, -0.2) is 24.7 Å². The molecular formula is C11H10ClNO4S. The van der Waals surface area contributed by atoms with E-state index in [1.165, 1.54) is 12.1 Å². The lowest BCUT2D eigenvalue weighted by Gasteiger charge is -2.10. The molecule has 7 heteroatoms. The van der Waals surface area contributed by atoms with E-state index in [0.29, 0.717) is 0 Å². The summed E-state index contributed by atoms with van der Waals surface area (Å²) in [4.78, 5) is 10.5. The Balaban J connectivity index is 3.46. The van der Waals surface area contributed by atoms with Gasteiger partial charge in [0.05, 0.1) is 21.6 Å². The van der Waals surface area contributed by atoms with Gasteiger partial charge in [0.15, 0.2) is 15.1 Å². The number of nitriles is 1. The molecule has 0 fully saturated rings. The summed E-state index contributed by atoms with van der Waals surface area (Å²) in [6.07, 6.45) is 0.104. The van der Waals surface area contributed by atoms with Gasteiger partial charge in [-0.2, -0.15) is 5.26 Å². The van der Waals surface area contributed by atoms with Crippen molar-refractivity contribution in [1.29, 1.82) is 5.26 Å². The molecule has 1 aromatic rings. The molecule has 0 spiro atoms. The highest BCUT2D eigenvalue weighted by molar-refractivity contribution is 7.92. The van der Waals surface area contributed by atoms with Gasteiger partial charge in [-0.3, -0.25) is 0 Å². The van der Waals surface area contributed by atoms with Crippen molar-refractivity contribution < 1.29 is 18.3 Å². The first-order chi connectivity index (χ1) is 8.34. The predicted octanol–water partition coefficient (Wildman–Crippen LogP) is 2.11. The second-order valence-electron chi connectivity index (χ2n) is 3.52. The molecule has 1 rings (SSSR count). The summed E-state index contributed by atoms with van der Waals surface area (Å²) in [5.74, 6) is -1.26. The Bertz CT molecular complexity index is 618. The van der Waals surface area contributed by atoms with Crippen LogP contribution in [0, 0.1) is 11.3 Å². The van der Waals surface area contributed by atoms with Crippen LogP contribution in [0.3, 0.4) is 0 Å². The van der Waals surface area contributed by atoms with Crippen LogP contribution in [0.2, 0.25) is 5.02 Å². The van der Waals surface area contributed by atoms with Crippen molar-refractivity contribution in [3.8, 4) is 6.07 Å². The molecule has 0 amide bonds. The molecule has 18 heavy (non-hydrogen) atoms. The Kier molecular flexibility index (Phi) is 4.33. The Labute approximate surface area is 110 Å². The lowest BCUT2D eigenvalue weighted by atomic mass is 10.2. The molecule has 0 saturated carbocycles. The largest absolute Gasteiger partial charge is 0.478 e. The zero-order valence-corrected chi connectivity index (χ0v) is 11.0. The van der Waals surface area contributed by atoms with Crippen molar-refractivity contribution >= 4 is 27.4 Å². The summed E-state index contributed by atoms with van der Waals surface area (Å²) in [7, 11) is -3.94. The van der Waals surface area contributed by atoms with Gasteiger partial charge < -0.3 is 5.11 Å². The molecule has 1 aromatic carbocycles. The van der Waals surface area contributed by atoms with E-state index in [4.69, 9.17) is 22.0 Å². The lowest BCUT2D eigenvalue weighted by Crippen LogP contribution is -2.19. The van der Waals surface area contributed by atoms with Crippen LogP contribution >= 0.6 is 11.6 Å². The van der Waals surface area contributed by atoms with E-state index in [0.717, 1.165) is 6.07 Å². The summed E-state index contributed by atoms with van der Waals surface area (Å²) in [5.41, 5.74) is -0.189. The van der Waals surface area contributed by atoms with Gasteiger partial charge in [-0.25, -0.2) is 13.2 Å². The van der Waals surface area contributed by atoms with Crippen LogP contribution in [0.5, 0.6) is 0 Å². The molecule has 5 nitrogen and oxygen atoms in total. The van der Waals surface area contributed by atoms with Crippen LogP contribution in [0.25, 0.3) is 0 Å². The normalized spacial score (nSPS) is 12.7. The van der Waals surface area contributed by atoms with Crippen molar-refractivity contribution in [2.24, 2.45) is 0 Å². The van der Waals surface area contributed by atoms with E-state index >= 15 is 0 Å².